The Hall–Kier alpha value is -2.37. The molecule has 3 rings (SSSR count). The number of sulfonamides is 1. The van der Waals surface area contributed by atoms with Crippen LogP contribution in [0, 0.1) is 0 Å². The number of primary sulfonamides is 1. The highest BCUT2D eigenvalue weighted by Gasteiger charge is 2.38. The van der Waals surface area contributed by atoms with Crippen molar-refractivity contribution in [2.75, 3.05) is 0 Å². The number of rotatable bonds is 3. The number of alkyl halides is 3. The summed E-state index contributed by atoms with van der Waals surface area (Å²) in [6, 6.07) is 3.21. The monoisotopic (exact) mass is 405 g/mol. The number of hydrogen-bond donors (Lipinski definition) is 1. The van der Waals surface area contributed by atoms with E-state index < -0.39 is 27.5 Å². The highest BCUT2D eigenvalue weighted by Crippen LogP contribution is 2.35. The van der Waals surface area contributed by atoms with Crippen molar-refractivity contribution in [1.29, 1.82) is 0 Å². The normalized spacial score (nSPS) is 13.2. The zero-order valence-electron chi connectivity index (χ0n) is 13.1. The molecule has 0 spiro atoms. The summed E-state index contributed by atoms with van der Waals surface area (Å²) < 4.78 is 64.7. The molecule has 3 aromatic rings. The number of hydrogen-bond acceptors (Lipinski definition) is 4. The van der Waals surface area contributed by atoms with Crippen molar-refractivity contribution in [3.05, 3.63) is 46.2 Å². The largest absolute Gasteiger partial charge is 0.435 e. The molecule has 3 aromatic heterocycles. The van der Waals surface area contributed by atoms with Gasteiger partial charge in [0.25, 0.3) is 0 Å². The molecule has 0 fully saturated rings. The standard InChI is InChI=1S/C14H11ClF3N5O2S/c1-22-13(23-4-2-8-6-9(15)7-20-12(8)23)10(3-5-26(19,24)25)11(21-22)14(16,17)18/h2-7H,1H3,(H2,19,24,25). The van der Waals surface area contributed by atoms with Crippen molar-refractivity contribution < 1.29 is 21.6 Å². The fraction of sp³-hybridized carbons (Fsp3) is 0.143. The molecule has 0 atom stereocenters. The van der Waals surface area contributed by atoms with Crippen LogP contribution in [-0.2, 0) is 23.2 Å². The number of nitrogens with zero attached hydrogens (tertiary/aromatic N) is 4. The Bertz CT molecular complexity index is 1130. The Balaban J connectivity index is 2.33. The summed E-state index contributed by atoms with van der Waals surface area (Å²) in [4.78, 5) is 4.12. The molecular formula is C14H11ClF3N5O2S. The third kappa shape index (κ3) is 3.45. The minimum Gasteiger partial charge on any atom is -0.285 e. The van der Waals surface area contributed by atoms with Crippen molar-refractivity contribution in [2.24, 2.45) is 12.2 Å². The van der Waals surface area contributed by atoms with Gasteiger partial charge in [0.1, 0.15) is 11.5 Å². The van der Waals surface area contributed by atoms with Crippen LogP contribution in [-0.4, -0.2) is 27.7 Å². The van der Waals surface area contributed by atoms with Gasteiger partial charge in [-0.15, -0.1) is 0 Å². The van der Waals surface area contributed by atoms with Crippen LogP contribution < -0.4 is 5.14 Å². The lowest BCUT2D eigenvalue weighted by atomic mass is 10.2. The van der Waals surface area contributed by atoms with Gasteiger partial charge in [-0.05, 0) is 18.2 Å². The van der Waals surface area contributed by atoms with E-state index in [9.17, 15) is 21.6 Å². The van der Waals surface area contributed by atoms with Gasteiger partial charge in [0.05, 0.1) is 10.6 Å². The maximum Gasteiger partial charge on any atom is 0.435 e. The Kier molecular flexibility index (Phi) is 4.33. The molecule has 0 bridgehead atoms. The summed E-state index contributed by atoms with van der Waals surface area (Å²) in [5.74, 6) is -0.0259. The minimum absolute atomic E-state index is 0.0259. The van der Waals surface area contributed by atoms with Gasteiger partial charge >= 0.3 is 6.18 Å². The van der Waals surface area contributed by atoms with Crippen molar-refractivity contribution >= 4 is 38.7 Å². The van der Waals surface area contributed by atoms with Gasteiger partial charge < -0.3 is 0 Å². The lowest BCUT2D eigenvalue weighted by Gasteiger charge is -2.08. The molecule has 0 aliphatic rings. The molecule has 0 saturated heterocycles. The zero-order valence-corrected chi connectivity index (χ0v) is 14.6. The molecule has 0 amide bonds. The van der Waals surface area contributed by atoms with E-state index in [2.05, 4.69) is 10.1 Å². The van der Waals surface area contributed by atoms with Crippen LogP contribution in [0.5, 0.6) is 0 Å². The SMILES string of the molecule is Cn1nc(C(F)(F)F)c(C=CS(N)(=O)=O)c1-n1ccc2cc(Cl)cnc21. The molecule has 7 nitrogen and oxygen atoms in total. The predicted octanol–water partition coefficient (Wildman–Crippen LogP) is 2.69. The van der Waals surface area contributed by atoms with E-state index in [0.29, 0.717) is 21.5 Å². The molecule has 26 heavy (non-hydrogen) atoms. The second-order valence-electron chi connectivity index (χ2n) is 5.35. The van der Waals surface area contributed by atoms with Crippen LogP contribution in [0.25, 0.3) is 22.9 Å². The second-order valence-corrected chi connectivity index (χ2v) is 7.24. The van der Waals surface area contributed by atoms with Gasteiger partial charge in [-0.3, -0.25) is 9.25 Å². The van der Waals surface area contributed by atoms with Gasteiger partial charge in [0, 0.05) is 30.2 Å². The number of halogens is 4. The predicted molar refractivity (Wildman–Crippen MR) is 90.0 cm³/mol. The first kappa shape index (κ1) is 18.4. The van der Waals surface area contributed by atoms with E-state index in [0.717, 1.165) is 10.8 Å². The molecule has 2 N–H and O–H groups in total. The molecule has 12 heteroatoms. The van der Waals surface area contributed by atoms with E-state index >= 15 is 0 Å². The van der Waals surface area contributed by atoms with Gasteiger partial charge in [0.15, 0.2) is 5.69 Å². The van der Waals surface area contributed by atoms with Gasteiger partial charge in [0.2, 0.25) is 10.0 Å². The van der Waals surface area contributed by atoms with Crippen molar-refractivity contribution in [2.45, 2.75) is 6.18 Å². The molecule has 0 aliphatic heterocycles. The van der Waals surface area contributed by atoms with Gasteiger partial charge in [-0.25, -0.2) is 18.5 Å². The minimum atomic E-state index is -4.80. The van der Waals surface area contributed by atoms with Crippen LogP contribution in [0.15, 0.2) is 29.9 Å². The summed E-state index contributed by atoms with van der Waals surface area (Å²) >= 11 is 5.87. The fourth-order valence-electron chi connectivity index (χ4n) is 2.51. The van der Waals surface area contributed by atoms with E-state index in [1.165, 1.54) is 24.0 Å². The van der Waals surface area contributed by atoms with E-state index in [1.54, 1.807) is 12.1 Å². The molecule has 0 radical (unpaired) electrons. The number of pyridine rings is 1. The summed E-state index contributed by atoms with van der Waals surface area (Å²) in [6.07, 6.45) is -1.20. The van der Waals surface area contributed by atoms with E-state index in [4.69, 9.17) is 16.7 Å². The molecule has 0 saturated carbocycles. The third-order valence-electron chi connectivity index (χ3n) is 3.47. The van der Waals surface area contributed by atoms with E-state index in [-0.39, 0.29) is 5.82 Å². The third-order valence-corrected chi connectivity index (χ3v) is 4.19. The highest BCUT2D eigenvalue weighted by atomic mass is 35.5. The molecular weight excluding hydrogens is 395 g/mol. The average molecular weight is 406 g/mol. The van der Waals surface area contributed by atoms with E-state index in [1.807, 2.05) is 0 Å². The molecule has 0 unspecified atom stereocenters. The zero-order chi connectivity index (χ0) is 19.3. The van der Waals surface area contributed by atoms with Gasteiger partial charge in [-0.2, -0.15) is 18.3 Å². The van der Waals surface area contributed by atoms with Gasteiger partial charge in [-0.1, -0.05) is 11.6 Å². The summed E-state index contributed by atoms with van der Waals surface area (Å²) in [5, 5.41) is 9.80. The molecule has 3 heterocycles. The quantitative estimate of drug-likeness (QED) is 0.724. The van der Waals surface area contributed by atoms with Crippen LogP contribution in [0.3, 0.4) is 0 Å². The maximum atomic E-state index is 13.3. The number of nitrogens with two attached hydrogens (primary N) is 1. The lowest BCUT2D eigenvalue weighted by molar-refractivity contribution is -0.141. The fourth-order valence-corrected chi connectivity index (χ4v) is 3.00. The molecule has 0 aromatic carbocycles. The first-order valence-corrected chi connectivity index (χ1v) is 8.94. The first-order chi connectivity index (χ1) is 12.0. The smallest absolute Gasteiger partial charge is 0.285 e. The highest BCUT2D eigenvalue weighted by molar-refractivity contribution is 7.92. The maximum absolute atomic E-state index is 13.3. The van der Waals surface area contributed by atoms with Crippen molar-refractivity contribution in [3.63, 3.8) is 0 Å². The Labute approximate surface area is 150 Å². The number of aromatic nitrogens is 4. The van der Waals surface area contributed by atoms with Crippen LogP contribution >= 0.6 is 11.6 Å². The lowest BCUT2D eigenvalue weighted by Crippen LogP contribution is -2.09. The number of aryl methyl sites for hydroxylation is 1. The average Bonchev–Trinajstić information content (AvgIpc) is 3.04. The number of fused-ring (bicyclic) bond motifs is 1. The topological polar surface area (TPSA) is 95.8 Å². The first-order valence-electron chi connectivity index (χ1n) is 6.95. The Morgan fingerprint density at radius 1 is 1.35 bits per heavy atom. The molecule has 138 valence electrons. The summed E-state index contributed by atoms with van der Waals surface area (Å²) in [5.41, 5.74) is -1.37. The summed E-state index contributed by atoms with van der Waals surface area (Å²) in [7, 11) is -2.83. The second kappa shape index (κ2) is 6.11. The van der Waals surface area contributed by atoms with Crippen LogP contribution in [0.2, 0.25) is 5.02 Å². The summed E-state index contributed by atoms with van der Waals surface area (Å²) in [6.45, 7) is 0. The van der Waals surface area contributed by atoms with Crippen molar-refractivity contribution in [3.8, 4) is 5.82 Å². The Morgan fingerprint density at radius 2 is 2.04 bits per heavy atom. The van der Waals surface area contributed by atoms with Crippen molar-refractivity contribution in [1.82, 2.24) is 19.3 Å². The van der Waals surface area contributed by atoms with Crippen LogP contribution in [0.1, 0.15) is 11.3 Å². The van der Waals surface area contributed by atoms with Crippen LogP contribution in [0.4, 0.5) is 13.2 Å². The molecule has 0 aliphatic carbocycles. The Morgan fingerprint density at radius 3 is 2.65 bits per heavy atom.